The normalized spacial score (nSPS) is 13.7. The van der Waals surface area contributed by atoms with E-state index in [1.54, 1.807) is 6.20 Å². The topological polar surface area (TPSA) is 25.2 Å². The number of hydrogen-bond acceptors (Lipinski definition) is 2. The van der Waals surface area contributed by atoms with Crippen LogP contribution < -0.4 is 0 Å². The van der Waals surface area contributed by atoms with Gasteiger partial charge in [0.25, 0.3) is 0 Å². The molecule has 3 heteroatoms. The Kier molecular flexibility index (Phi) is 1.21. The van der Waals surface area contributed by atoms with E-state index in [4.69, 9.17) is 11.6 Å². The highest BCUT2D eigenvalue weighted by molar-refractivity contribution is 6.30. The van der Waals surface area contributed by atoms with Crippen molar-refractivity contribution < 1.29 is 0 Å². The molecule has 0 unspecified atom stereocenters. The van der Waals surface area contributed by atoms with E-state index in [-0.39, 0.29) is 0 Å². The van der Waals surface area contributed by atoms with Gasteiger partial charge in [-0.25, -0.2) is 0 Å². The summed E-state index contributed by atoms with van der Waals surface area (Å²) >= 11 is 5.69. The molecule has 1 aromatic heterocycles. The van der Waals surface area contributed by atoms with Crippen LogP contribution in [0, 0.1) is 0 Å². The predicted molar refractivity (Wildman–Crippen MR) is 41.1 cm³/mol. The zero-order valence-corrected chi connectivity index (χ0v) is 5.97. The summed E-state index contributed by atoms with van der Waals surface area (Å²) in [6, 6.07) is 1.83. The fraction of sp³-hybridized carbons (Fsp3) is 0.143. The zero-order valence-electron chi connectivity index (χ0n) is 5.21. The predicted octanol–water partition coefficient (Wildman–Crippen LogP) is 1.99. The molecule has 1 aliphatic heterocycles. The van der Waals surface area contributed by atoms with Gasteiger partial charge in [0.1, 0.15) is 0 Å². The Hall–Kier alpha value is -0.890. The van der Waals surface area contributed by atoms with Gasteiger partial charge in [0.2, 0.25) is 0 Å². The molecule has 0 N–H and O–H groups in total. The maximum Gasteiger partial charge on any atom is 0.0859 e. The molecule has 1 aliphatic rings. The number of pyridine rings is 1. The van der Waals surface area contributed by atoms with Crippen LogP contribution in [-0.2, 0) is 6.42 Å². The van der Waals surface area contributed by atoms with Crippen LogP contribution in [0.2, 0.25) is 5.02 Å². The van der Waals surface area contributed by atoms with Gasteiger partial charge in [0, 0.05) is 18.8 Å². The number of aliphatic imine (C=N–C) groups is 1. The Labute approximate surface area is 63.6 Å². The first-order chi connectivity index (χ1) is 4.86. The van der Waals surface area contributed by atoms with Crippen molar-refractivity contribution in [3.05, 3.63) is 23.0 Å². The summed E-state index contributed by atoms with van der Waals surface area (Å²) in [4.78, 5) is 8.19. The second-order valence-electron chi connectivity index (χ2n) is 2.14. The summed E-state index contributed by atoms with van der Waals surface area (Å²) in [6.07, 6.45) is 4.33. The van der Waals surface area contributed by atoms with Gasteiger partial charge < -0.3 is 0 Å². The summed E-state index contributed by atoms with van der Waals surface area (Å²) in [6.45, 7) is 0. The highest BCUT2D eigenvalue weighted by atomic mass is 35.5. The molecule has 0 amide bonds. The fourth-order valence-corrected chi connectivity index (χ4v) is 1.11. The molecule has 10 heavy (non-hydrogen) atoms. The molecule has 0 atom stereocenters. The SMILES string of the molecule is Clc1cnc2c(c1)N=CC2. The molecular formula is C7H5ClN2. The lowest BCUT2D eigenvalue weighted by atomic mass is 10.3. The lowest BCUT2D eigenvalue weighted by Crippen LogP contribution is -1.83. The minimum atomic E-state index is 0.651. The highest BCUT2D eigenvalue weighted by Crippen LogP contribution is 2.24. The van der Waals surface area contributed by atoms with Gasteiger partial charge in [0.05, 0.1) is 16.4 Å². The zero-order chi connectivity index (χ0) is 6.97. The Morgan fingerprint density at radius 2 is 2.40 bits per heavy atom. The minimum Gasteiger partial charge on any atom is -0.259 e. The van der Waals surface area contributed by atoms with Gasteiger partial charge in [0.15, 0.2) is 0 Å². The first-order valence-electron chi connectivity index (χ1n) is 3.03. The van der Waals surface area contributed by atoms with Crippen molar-refractivity contribution in [2.75, 3.05) is 0 Å². The minimum absolute atomic E-state index is 0.651. The van der Waals surface area contributed by atoms with Gasteiger partial charge in [-0.05, 0) is 6.07 Å². The van der Waals surface area contributed by atoms with Gasteiger partial charge >= 0.3 is 0 Å². The average molecular weight is 153 g/mol. The van der Waals surface area contributed by atoms with Crippen LogP contribution in [0.25, 0.3) is 0 Å². The molecule has 0 saturated heterocycles. The summed E-state index contributed by atoms with van der Waals surface area (Å²) < 4.78 is 0. The first-order valence-corrected chi connectivity index (χ1v) is 3.41. The van der Waals surface area contributed by atoms with Crippen molar-refractivity contribution in [2.45, 2.75) is 6.42 Å². The number of fused-ring (bicyclic) bond motifs is 1. The fourth-order valence-electron chi connectivity index (χ4n) is 0.956. The molecule has 2 heterocycles. The molecule has 0 saturated carbocycles. The molecule has 0 fully saturated rings. The van der Waals surface area contributed by atoms with E-state index in [9.17, 15) is 0 Å². The lowest BCUT2D eigenvalue weighted by Gasteiger charge is -1.93. The third-order valence-corrected chi connectivity index (χ3v) is 1.64. The number of rotatable bonds is 0. The van der Waals surface area contributed by atoms with E-state index in [1.165, 1.54) is 0 Å². The molecule has 0 aliphatic carbocycles. The van der Waals surface area contributed by atoms with Crippen LogP contribution >= 0.6 is 11.6 Å². The number of hydrogen-bond donors (Lipinski definition) is 0. The van der Waals surface area contributed by atoms with Gasteiger partial charge in [-0.2, -0.15) is 0 Å². The molecule has 50 valence electrons. The van der Waals surface area contributed by atoms with Crippen molar-refractivity contribution in [3.8, 4) is 0 Å². The second kappa shape index (κ2) is 2.06. The van der Waals surface area contributed by atoms with Crippen molar-refractivity contribution in [1.82, 2.24) is 4.98 Å². The molecule has 2 rings (SSSR count). The van der Waals surface area contributed by atoms with E-state index in [0.717, 1.165) is 17.8 Å². The van der Waals surface area contributed by atoms with Crippen LogP contribution in [0.4, 0.5) is 5.69 Å². The standard InChI is InChI=1S/C7H5ClN2/c8-5-3-7-6(10-4-5)1-2-9-7/h2-4H,1H2. The lowest BCUT2D eigenvalue weighted by molar-refractivity contribution is 1.18. The summed E-state index contributed by atoms with van der Waals surface area (Å²) in [5, 5.41) is 0.651. The average Bonchev–Trinajstić information content (AvgIpc) is 2.33. The Bertz CT molecular complexity index is 294. The first kappa shape index (κ1) is 5.86. The van der Waals surface area contributed by atoms with Crippen LogP contribution in [0.5, 0.6) is 0 Å². The van der Waals surface area contributed by atoms with Crippen LogP contribution in [0.1, 0.15) is 5.69 Å². The van der Waals surface area contributed by atoms with Crippen LogP contribution in [-0.4, -0.2) is 11.2 Å². The molecular weight excluding hydrogens is 148 g/mol. The summed E-state index contributed by atoms with van der Waals surface area (Å²) in [7, 11) is 0. The van der Waals surface area contributed by atoms with E-state index >= 15 is 0 Å². The third-order valence-electron chi connectivity index (χ3n) is 1.43. The molecule has 0 bridgehead atoms. The smallest absolute Gasteiger partial charge is 0.0859 e. The van der Waals surface area contributed by atoms with Crippen LogP contribution in [0.3, 0.4) is 0 Å². The van der Waals surface area contributed by atoms with Gasteiger partial charge in [-0.3, -0.25) is 9.98 Å². The largest absolute Gasteiger partial charge is 0.259 e. The quantitative estimate of drug-likeness (QED) is 0.558. The van der Waals surface area contributed by atoms with Crippen molar-refractivity contribution in [3.63, 3.8) is 0 Å². The Morgan fingerprint density at radius 1 is 1.50 bits per heavy atom. The number of halogens is 1. The van der Waals surface area contributed by atoms with E-state index in [1.807, 2.05) is 12.3 Å². The third kappa shape index (κ3) is 0.809. The maximum atomic E-state index is 5.69. The van der Waals surface area contributed by atoms with Crippen molar-refractivity contribution in [1.29, 1.82) is 0 Å². The highest BCUT2D eigenvalue weighted by Gasteiger charge is 2.06. The van der Waals surface area contributed by atoms with Crippen LogP contribution in [0.15, 0.2) is 17.3 Å². The van der Waals surface area contributed by atoms with E-state index in [0.29, 0.717) is 5.02 Å². The van der Waals surface area contributed by atoms with Crippen molar-refractivity contribution >= 4 is 23.5 Å². The Balaban J connectivity index is 2.60. The van der Waals surface area contributed by atoms with E-state index < -0.39 is 0 Å². The Morgan fingerprint density at radius 3 is 3.30 bits per heavy atom. The van der Waals surface area contributed by atoms with Gasteiger partial charge in [-0.15, -0.1) is 0 Å². The molecule has 1 aromatic rings. The molecule has 0 aromatic carbocycles. The monoisotopic (exact) mass is 152 g/mol. The van der Waals surface area contributed by atoms with E-state index in [2.05, 4.69) is 9.98 Å². The molecule has 2 nitrogen and oxygen atoms in total. The molecule has 0 spiro atoms. The number of aromatic nitrogens is 1. The molecule has 0 radical (unpaired) electrons. The number of nitrogens with zero attached hydrogens (tertiary/aromatic N) is 2. The van der Waals surface area contributed by atoms with Gasteiger partial charge in [-0.1, -0.05) is 11.6 Å². The summed E-state index contributed by atoms with van der Waals surface area (Å²) in [5.41, 5.74) is 1.93. The second-order valence-corrected chi connectivity index (χ2v) is 2.57. The summed E-state index contributed by atoms with van der Waals surface area (Å²) in [5.74, 6) is 0. The maximum absolute atomic E-state index is 5.69. The van der Waals surface area contributed by atoms with Crippen molar-refractivity contribution in [2.24, 2.45) is 4.99 Å².